The van der Waals surface area contributed by atoms with Crippen LogP contribution in [-0.4, -0.2) is 22.7 Å². The first kappa shape index (κ1) is 16.3. The molecule has 22 heavy (non-hydrogen) atoms. The number of hydrogen-bond acceptors (Lipinski definition) is 4. The molecule has 4 heteroatoms. The molecule has 1 aromatic heterocycles. The Hall–Kier alpha value is -2.07. The molecule has 2 aromatic rings. The third kappa shape index (κ3) is 4.74. The molecule has 2 rings (SSSR count). The number of pyridine rings is 1. The van der Waals surface area contributed by atoms with E-state index >= 15 is 0 Å². The highest BCUT2D eigenvalue weighted by atomic mass is 16.3. The number of aromatic hydroxyl groups is 1. The maximum atomic E-state index is 9.83. The summed E-state index contributed by atoms with van der Waals surface area (Å²) in [5, 5.41) is 16.8. The molecule has 0 saturated carbocycles. The highest BCUT2D eigenvalue weighted by Gasteiger charge is 2.13. The lowest BCUT2D eigenvalue weighted by atomic mass is 10.0. The van der Waals surface area contributed by atoms with E-state index in [1.54, 1.807) is 6.07 Å². The van der Waals surface area contributed by atoms with Crippen molar-refractivity contribution in [2.75, 3.05) is 11.9 Å². The lowest BCUT2D eigenvalue weighted by Gasteiger charge is -2.24. The number of hydrogen-bond donors (Lipinski definition) is 3. The molecule has 0 spiro atoms. The smallest absolute Gasteiger partial charge is 0.138 e. The molecule has 1 unspecified atom stereocenters. The summed E-state index contributed by atoms with van der Waals surface area (Å²) < 4.78 is 0. The number of nitrogens with zero attached hydrogens (tertiary/aromatic N) is 1. The normalized spacial score (nSPS) is 12.4. The van der Waals surface area contributed by atoms with Gasteiger partial charge in [-0.2, -0.15) is 0 Å². The first-order valence-electron chi connectivity index (χ1n) is 7.74. The Balaban J connectivity index is 1.91. The fourth-order valence-electron chi connectivity index (χ4n) is 2.28. The average molecular weight is 299 g/mol. The summed E-state index contributed by atoms with van der Waals surface area (Å²) in [5.74, 6) is 0.738. The van der Waals surface area contributed by atoms with Gasteiger partial charge in [0.15, 0.2) is 0 Å². The first-order chi connectivity index (χ1) is 10.6. The number of rotatable bonds is 7. The lowest BCUT2D eigenvalue weighted by molar-refractivity contribution is 0.449. The van der Waals surface area contributed by atoms with Crippen molar-refractivity contribution in [3.63, 3.8) is 0 Å². The minimum absolute atomic E-state index is 0.246. The van der Waals surface area contributed by atoms with E-state index in [0.717, 1.165) is 17.9 Å². The first-order valence-corrected chi connectivity index (χ1v) is 7.74. The van der Waals surface area contributed by atoms with Crippen LogP contribution in [0.3, 0.4) is 0 Å². The molecule has 1 aromatic carbocycles. The molecule has 0 saturated heterocycles. The van der Waals surface area contributed by atoms with Crippen LogP contribution in [0.15, 0.2) is 42.5 Å². The molecule has 0 radical (unpaired) electrons. The van der Waals surface area contributed by atoms with E-state index in [0.29, 0.717) is 24.2 Å². The maximum absolute atomic E-state index is 9.83. The Morgan fingerprint density at radius 2 is 1.82 bits per heavy atom. The Bertz CT molecular complexity index is 584. The van der Waals surface area contributed by atoms with Gasteiger partial charge in [-0.15, -0.1) is 0 Å². The number of benzene rings is 1. The van der Waals surface area contributed by atoms with Crippen LogP contribution in [0, 0.1) is 12.8 Å². The van der Waals surface area contributed by atoms with Crippen molar-refractivity contribution in [2.45, 2.75) is 33.4 Å². The monoisotopic (exact) mass is 299 g/mol. The summed E-state index contributed by atoms with van der Waals surface area (Å²) in [6.07, 6.45) is 0. The highest BCUT2D eigenvalue weighted by molar-refractivity contribution is 5.43. The van der Waals surface area contributed by atoms with Crippen LogP contribution in [0.25, 0.3) is 0 Å². The summed E-state index contributed by atoms with van der Waals surface area (Å²) in [5.41, 5.74) is 2.74. The maximum Gasteiger partial charge on any atom is 0.138 e. The van der Waals surface area contributed by atoms with Crippen LogP contribution in [0.4, 0.5) is 5.69 Å². The van der Waals surface area contributed by atoms with Gasteiger partial charge in [-0.1, -0.05) is 32.0 Å². The van der Waals surface area contributed by atoms with Crippen LogP contribution >= 0.6 is 0 Å². The van der Waals surface area contributed by atoms with Gasteiger partial charge in [0.2, 0.25) is 0 Å². The molecule has 3 N–H and O–H groups in total. The molecular formula is C18H25N3O. The Labute approximate surface area is 132 Å². The Morgan fingerprint density at radius 1 is 1.09 bits per heavy atom. The largest absolute Gasteiger partial charge is 0.506 e. The summed E-state index contributed by atoms with van der Waals surface area (Å²) in [4.78, 5) is 4.37. The molecule has 1 atom stereocenters. The van der Waals surface area contributed by atoms with E-state index in [2.05, 4.69) is 41.6 Å². The second-order valence-electron chi connectivity index (χ2n) is 5.91. The molecule has 0 amide bonds. The predicted molar refractivity (Wildman–Crippen MR) is 91.0 cm³/mol. The number of nitrogens with one attached hydrogen (secondary N) is 2. The molecule has 0 fully saturated rings. The minimum atomic E-state index is 0.246. The fourth-order valence-corrected chi connectivity index (χ4v) is 2.28. The van der Waals surface area contributed by atoms with Gasteiger partial charge in [0.25, 0.3) is 0 Å². The molecule has 1 heterocycles. The van der Waals surface area contributed by atoms with Crippen molar-refractivity contribution in [3.05, 3.63) is 53.9 Å². The molecule has 0 aliphatic carbocycles. The predicted octanol–water partition coefficient (Wildman–Crippen LogP) is 3.32. The third-order valence-corrected chi connectivity index (χ3v) is 3.68. The summed E-state index contributed by atoms with van der Waals surface area (Å²) in [7, 11) is 0. The summed E-state index contributed by atoms with van der Waals surface area (Å²) in [6, 6.07) is 14.0. The van der Waals surface area contributed by atoms with Crippen molar-refractivity contribution in [3.8, 4) is 5.75 Å². The van der Waals surface area contributed by atoms with E-state index in [-0.39, 0.29) is 5.75 Å². The number of aromatic nitrogens is 1. The molecule has 4 nitrogen and oxygen atoms in total. The standard InChI is InChI=1S/C18H25N3O/c1-13(2)16(21-15-7-5-4-6-8-15)11-19-12-17-18(22)10-9-14(3)20-17/h4-10,13,16,19,21-22H,11-12H2,1-3H3. The highest BCUT2D eigenvalue weighted by Crippen LogP contribution is 2.15. The molecular weight excluding hydrogens is 274 g/mol. The number of anilines is 1. The van der Waals surface area contributed by atoms with E-state index < -0.39 is 0 Å². The molecule has 118 valence electrons. The van der Waals surface area contributed by atoms with E-state index in [1.165, 1.54) is 0 Å². The third-order valence-electron chi connectivity index (χ3n) is 3.68. The fraction of sp³-hybridized carbons (Fsp3) is 0.389. The topological polar surface area (TPSA) is 57.2 Å². The van der Waals surface area contributed by atoms with Gasteiger partial charge in [-0.25, -0.2) is 0 Å². The summed E-state index contributed by atoms with van der Waals surface area (Å²) >= 11 is 0. The Morgan fingerprint density at radius 3 is 2.50 bits per heavy atom. The Kier molecular flexibility index (Phi) is 5.78. The minimum Gasteiger partial charge on any atom is -0.506 e. The average Bonchev–Trinajstić information content (AvgIpc) is 2.50. The molecule has 0 aliphatic rings. The van der Waals surface area contributed by atoms with E-state index in [1.807, 2.05) is 31.2 Å². The quantitative estimate of drug-likeness (QED) is 0.734. The van der Waals surface area contributed by atoms with Gasteiger partial charge in [0.1, 0.15) is 5.75 Å². The zero-order chi connectivity index (χ0) is 15.9. The van der Waals surface area contributed by atoms with Crippen LogP contribution in [0.1, 0.15) is 25.2 Å². The van der Waals surface area contributed by atoms with E-state index in [4.69, 9.17) is 0 Å². The van der Waals surface area contributed by atoms with Crippen LogP contribution in [-0.2, 0) is 6.54 Å². The van der Waals surface area contributed by atoms with Gasteiger partial charge >= 0.3 is 0 Å². The van der Waals surface area contributed by atoms with Crippen LogP contribution in [0.2, 0.25) is 0 Å². The van der Waals surface area contributed by atoms with Crippen LogP contribution in [0.5, 0.6) is 5.75 Å². The second kappa shape index (κ2) is 7.80. The van der Waals surface area contributed by atoms with Gasteiger partial charge in [-0.05, 0) is 37.1 Å². The van der Waals surface area contributed by atoms with Crippen molar-refractivity contribution in [2.24, 2.45) is 5.92 Å². The molecule has 0 bridgehead atoms. The van der Waals surface area contributed by atoms with Gasteiger partial charge in [-0.3, -0.25) is 4.98 Å². The zero-order valence-electron chi connectivity index (χ0n) is 13.5. The summed E-state index contributed by atoms with van der Waals surface area (Å²) in [6.45, 7) is 7.70. The SMILES string of the molecule is Cc1ccc(O)c(CNCC(Nc2ccccc2)C(C)C)n1. The van der Waals surface area contributed by atoms with Crippen LogP contribution < -0.4 is 10.6 Å². The van der Waals surface area contributed by atoms with Crippen molar-refractivity contribution in [1.82, 2.24) is 10.3 Å². The molecule has 0 aliphatic heterocycles. The van der Waals surface area contributed by atoms with Crippen molar-refractivity contribution < 1.29 is 5.11 Å². The van der Waals surface area contributed by atoms with Gasteiger partial charge in [0, 0.05) is 30.5 Å². The lowest BCUT2D eigenvalue weighted by Crippen LogP contribution is -2.36. The number of para-hydroxylation sites is 1. The van der Waals surface area contributed by atoms with Gasteiger partial charge < -0.3 is 15.7 Å². The van der Waals surface area contributed by atoms with Crippen molar-refractivity contribution >= 4 is 5.69 Å². The second-order valence-corrected chi connectivity index (χ2v) is 5.91. The zero-order valence-corrected chi connectivity index (χ0v) is 13.5. The van der Waals surface area contributed by atoms with E-state index in [9.17, 15) is 5.11 Å². The van der Waals surface area contributed by atoms with Crippen molar-refractivity contribution in [1.29, 1.82) is 0 Å². The number of aryl methyl sites for hydroxylation is 1. The van der Waals surface area contributed by atoms with Gasteiger partial charge in [0.05, 0.1) is 5.69 Å².